The van der Waals surface area contributed by atoms with Crippen molar-refractivity contribution in [3.63, 3.8) is 0 Å². The van der Waals surface area contributed by atoms with Gasteiger partial charge in [-0.05, 0) is 34.9 Å². The van der Waals surface area contributed by atoms with Gasteiger partial charge < -0.3 is 5.11 Å². The van der Waals surface area contributed by atoms with E-state index in [4.69, 9.17) is 23.2 Å². The van der Waals surface area contributed by atoms with Crippen molar-refractivity contribution < 1.29 is 5.11 Å². The Balaban J connectivity index is 1.76. The molecule has 4 nitrogen and oxygen atoms in total. The minimum absolute atomic E-state index is 0.222. The Labute approximate surface area is 173 Å². The summed E-state index contributed by atoms with van der Waals surface area (Å²) in [5.41, 5.74) is 2.09. The first-order chi connectivity index (χ1) is 13.6. The van der Waals surface area contributed by atoms with E-state index >= 15 is 0 Å². The molecule has 0 saturated carbocycles. The fourth-order valence-electron chi connectivity index (χ4n) is 3.24. The van der Waals surface area contributed by atoms with Crippen molar-refractivity contribution in [1.29, 1.82) is 0 Å². The Hall–Kier alpha value is -2.66. The molecule has 0 aliphatic rings. The first-order valence-electron chi connectivity index (χ1n) is 8.72. The predicted molar refractivity (Wildman–Crippen MR) is 111 cm³/mol. The van der Waals surface area contributed by atoms with Gasteiger partial charge in [0, 0.05) is 15.6 Å². The van der Waals surface area contributed by atoms with Crippen molar-refractivity contribution in [3.05, 3.63) is 107 Å². The molecule has 1 atom stereocenters. The first kappa shape index (κ1) is 18.7. The van der Waals surface area contributed by atoms with Crippen LogP contribution in [-0.2, 0) is 12.1 Å². The number of aromatic nitrogens is 3. The van der Waals surface area contributed by atoms with E-state index < -0.39 is 5.60 Å². The minimum Gasteiger partial charge on any atom is -0.378 e. The summed E-state index contributed by atoms with van der Waals surface area (Å²) >= 11 is 12.3. The average Bonchev–Trinajstić information content (AvgIpc) is 3.22. The molecular formula is C22H17Cl2N3O. The number of nitrogens with zero attached hydrogens (tertiary/aromatic N) is 3. The van der Waals surface area contributed by atoms with E-state index in [1.807, 2.05) is 60.7 Å². The minimum atomic E-state index is -1.29. The van der Waals surface area contributed by atoms with E-state index in [1.54, 1.807) is 23.1 Å². The number of halogens is 2. The Bertz CT molecular complexity index is 1060. The number of hydrogen-bond donors (Lipinski definition) is 1. The maximum atomic E-state index is 11.7. The number of benzene rings is 3. The van der Waals surface area contributed by atoms with Crippen LogP contribution in [0.2, 0.25) is 10.0 Å². The van der Waals surface area contributed by atoms with Crippen LogP contribution in [0.3, 0.4) is 0 Å². The van der Waals surface area contributed by atoms with Gasteiger partial charge in [0.15, 0.2) is 0 Å². The standard InChI is InChI=1S/C22H17Cl2N3O/c23-19-11-9-18(10-12-19)22(28,13-27-15-25-14-26-27)17-7-5-16(6-8-17)20-3-1-2-4-21(20)24/h1-12,14-15,28H,13H2. The van der Waals surface area contributed by atoms with Crippen molar-refractivity contribution in [3.8, 4) is 11.1 Å². The summed E-state index contributed by atoms with van der Waals surface area (Å²) in [7, 11) is 0. The molecule has 4 aromatic rings. The van der Waals surface area contributed by atoms with E-state index in [0.717, 1.165) is 22.3 Å². The maximum absolute atomic E-state index is 11.7. The second-order valence-corrected chi connectivity index (χ2v) is 7.36. The van der Waals surface area contributed by atoms with Crippen LogP contribution in [0.4, 0.5) is 0 Å². The van der Waals surface area contributed by atoms with Crippen LogP contribution in [-0.4, -0.2) is 19.9 Å². The van der Waals surface area contributed by atoms with Crippen molar-refractivity contribution in [1.82, 2.24) is 14.8 Å². The molecular weight excluding hydrogens is 393 g/mol. The summed E-state index contributed by atoms with van der Waals surface area (Å²) in [6, 6.07) is 22.6. The van der Waals surface area contributed by atoms with Gasteiger partial charge in [0.1, 0.15) is 18.3 Å². The zero-order chi connectivity index (χ0) is 19.6. The van der Waals surface area contributed by atoms with E-state index in [2.05, 4.69) is 10.1 Å². The molecule has 28 heavy (non-hydrogen) atoms. The van der Waals surface area contributed by atoms with Gasteiger partial charge in [0.25, 0.3) is 0 Å². The molecule has 6 heteroatoms. The number of aliphatic hydroxyl groups is 1. The second-order valence-electron chi connectivity index (χ2n) is 6.52. The van der Waals surface area contributed by atoms with Crippen molar-refractivity contribution in [2.75, 3.05) is 0 Å². The van der Waals surface area contributed by atoms with E-state index in [-0.39, 0.29) is 6.54 Å². The number of hydrogen-bond acceptors (Lipinski definition) is 3. The molecule has 4 rings (SSSR count). The Morgan fingerprint density at radius 1 is 0.857 bits per heavy atom. The summed E-state index contributed by atoms with van der Waals surface area (Å²) in [5.74, 6) is 0. The van der Waals surface area contributed by atoms with Crippen molar-refractivity contribution >= 4 is 23.2 Å². The second kappa shape index (κ2) is 7.76. The van der Waals surface area contributed by atoms with Gasteiger partial charge in [0.05, 0.1) is 6.54 Å². The molecule has 0 bridgehead atoms. The Kier molecular flexibility index (Phi) is 5.18. The molecule has 140 valence electrons. The van der Waals surface area contributed by atoms with Crippen LogP contribution in [0.25, 0.3) is 11.1 Å². The fourth-order valence-corrected chi connectivity index (χ4v) is 3.62. The van der Waals surface area contributed by atoms with Crippen LogP contribution >= 0.6 is 23.2 Å². The topological polar surface area (TPSA) is 50.9 Å². The Morgan fingerprint density at radius 3 is 2.11 bits per heavy atom. The normalized spacial score (nSPS) is 13.2. The van der Waals surface area contributed by atoms with E-state index in [9.17, 15) is 5.11 Å². The molecule has 0 aliphatic carbocycles. The fraction of sp³-hybridized carbons (Fsp3) is 0.0909. The predicted octanol–water partition coefficient (Wildman–Crippen LogP) is 5.19. The molecule has 0 radical (unpaired) electrons. The van der Waals surface area contributed by atoms with E-state index in [0.29, 0.717) is 10.0 Å². The third-order valence-corrected chi connectivity index (χ3v) is 5.31. The summed E-state index contributed by atoms with van der Waals surface area (Å²) < 4.78 is 1.61. The zero-order valence-electron chi connectivity index (χ0n) is 14.8. The van der Waals surface area contributed by atoms with Crippen LogP contribution in [0.1, 0.15) is 11.1 Å². The summed E-state index contributed by atoms with van der Waals surface area (Å²) in [6.45, 7) is 0.222. The van der Waals surface area contributed by atoms with Gasteiger partial charge in [-0.2, -0.15) is 5.10 Å². The zero-order valence-corrected chi connectivity index (χ0v) is 16.3. The maximum Gasteiger partial charge on any atom is 0.137 e. The molecule has 0 spiro atoms. The molecule has 0 amide bonds. The van der Waals surface area contributed by atoms with Gasteiger partial charge in [-0.15, -0.1) is 0 Å². The highest BCUT2D eigenvalue weighted by atomic mass is 35.5. The third-order valence-electron chi connectivity index (χ3n) is 4.73. The quantitative estimate of drug-likeness (QED) is 0.493. The van der Waals surface area contributed by atoms with Crippen LogP contribution in [0.5, 0.6) is 0 Å². The summed E-state index contributed by atoms with van der Waals surface area (Å²) in [4.78, 5) is 3.98. The lowest BCUT2D eigenvalue weighted by atomic mass is 9.85. The monoisotopic (exact) mass is 409 g/mol. The molecule has 3 aromatic carbocycles. The molecule has 0 aliphatic heterocycles. The third kappa shape index (κ3) is 3.67. The molecule has 1 unspecified atom stereocenters. The molecule has 0 saturated heterocycles. The SMILES string of the molecule is OC(Cn1cncn1)(c1ccc(Cl)cc1)c1ccc(-c2ccccc2Cl)cc1. The summed E-state index contributed by atoms with van der Waals surface area (Å²) in [5, 5.41) is 17.1. The van der Waals surface area contributed by atoms with E-state index in [1.165, 1.54) is 6.33 Å². The molecule has 1 N–H and O–H groups in total. The average molecular weight is 410 g/mol. The molecule has 1 heterocycles. The number of rotatable bonds is 5. The lowest BCUT2D eigenvalue weighted by molar-refractivity contribution is 0.0572. The molecule has 1 aromatic heterocycles. The lowest BCUT2D eigenvalue weighted by Gasteiger charge is -2.29. The highest BCUT2D eigenvalue weighted by Crippen LogP contribution is 2.34. The van der Waals surface area contributed by atoms with Gasteiger partial charge in [-0.25, -0.2) is 9.67 Å². The highest BCUT2D eigenvalue weighted by Gasteiger charge is 2.32. The van der Waals surface area contributed by atoms with Crippen molar-refractivity contribution in [2.45, 2.75) is 12.1 Å². The summed E-state index contributed by atoms with van der Waals surface area (Å²) in [6.07, 6.45) is 3.03. The van der Waals surface area contributed by atoms with Gasteiger partial charge >= 0.3 is 0 Å². The van der Waals surface area contributed by atoms with Crippen LogP contribution in [0, 0.1) is 0 Å². The smallest absolute Gasteiger partial charge is 0.137 e. The first-order valence-corrected chi connectivity index (χ1v) is 9.48. The highest BCUT2D eigenvalue weighted by molar-refractivity contribution is 6.33. The van der Waals surface area contributed by atoms with Crippen molar-refractivity contribution in [2.24, 2.45) is 0 Å². The van der Waals surface area contributed by atoms with Crippen LogP contribution in [0.15, 0.2) is 85.5 Å². The lowest BCUT2D eigenvalue weighted by Crippen LogP contribution is -2.33. The van der Waals surface area contributed by atoms with Gasteiger partial charge in [0.2, 0.25) is 0 Å². The molecule has 0 fully saturated rings. The largest absolute Gasteiger partial charge is 0.378 e. The van der Waals surface area contributed by atoms with Gasteiger partial charge in [-0.3, -0.25) is 0 Å². The Morgan fingerprint density at radius 2 is 1.50 bits per heavy atom. The van der Waals surface area contributed by atoms with Crippen LogP contribution < -0.4 is 0 Å². The van der Waals surface area contributed by atoms with Gasteiger partial charge in [-0.1, -0.05) is 77.8 Å².